The van der Waals surface area contributed by atoms with Crippen LogP contribution in [-0.2, 0) is 20.1 Å². The minimum absolute atomic E-state index is 0.139. The van der Waals surface area contributed by atoms with Gasteiger partial charge in [0, 0.05) is 92.3 Å². The van der Waals surface area contributed by atoms with Crippen molar-refractivity contribution in [2.45, 2.75) is 114 Å². The monoisotopic (exact) mass is 1600 g/mol. The molecule has 5 aliphatic rings. The van der Waals surface area contributed by atoms with Gasteiger partial charge < -0.3 is 27.0 Å². The summed E-state index contributed by atoms with van der Waals surface area (Å²) in [4.78, 5) is 30.2. The number of aromatic nitrogens is 6. The molecular formula is C108H82BClN6O6. The predicted octanol–water partition coefficient (Wildman–Crippen LogP) is 28.1. The molecule has 2 spiro atoms. The van der Waals surface area contributed by atoms with Crippen LogP contribution in [0.3, 0.4) is 0 Å². The second kappa shape index (κ2) is 28.9. The fraction of sp³-hybridized carbons (Fsp3) is 0.167. The molecule has 2 saturated carbocycles. The molecule has 25 rings (SSSR count). The maximum atomic E-state index is 6.33. The number of hydrogen-bond donors (Lipinski definition) is 0. The molecule has 14 heteroatoms. The Morgan fingerprint density at radius 2 is 0.549 bits per heavy atom. The molecule has 12 nitrogen and oxygen atoms in total. The van der Waals surface area contributed by atoms with E-state index in [2.05, 4.69) is 185 Å². The van der Waals surface area contributed by atoms with E-state index in [0.29, 0.717) is 40.0 Å². The van der Waals surface area contributed by atoms with E-state index in [9.17, 15) is 0 Å². The zero-order chi connectivity index (χ0) is 81.6. The van der Waals surface area contributed by atoms with Crippen molar-refractivity contribution in [3.05, 3.63) is 331 Å². The fourth-order valence-electron chi connectivity index (χ4n) is 20.1. The molecule has 4 aliphatic carbocycles. The van der Waals surface area contributed by atoms with Crippen LogP contribution in [0.15, 0.2) is 321 Å². The first-order valence-electron chi connectivity index (χ1n) is 42.6. The van der Waals surface area contributed by atoms with Crippen molar-refractivity contribution >= 4 is 112 Å². The summed E-state index contributed by atoms with van der Waals surface area (Å²) in [6, 6.07) is 105. The third kappa shape index (κ3) is 12.4. The van der Waals surface area contributed by atoms with Crippen LogP contribution in [0.2, 0.25) is 5.02 Å². The van der Waals surface area contributed by atoms with Crippen LogP contribution < -0.4 is 5.46 Å². The lowest BCUT2D eigenvalue weighted by molar-refractivity contribution is 0.00578. The largest absolute Gasteiger partial charge is 0.494 e. The van der Waals surface area contributed by atoms with E-state index in [1.807, 2.05) is 146 Å². The van der Waals surface area contributed by atoms with Crippen molar-refractivity contribution in [2.75, 3.05) is 0 Å². The minimum atomic E-state index is -0.306. The molecule has 7 heterocycles. The summed E-state index contributed by atoms with van der Waals surface area (Å²) in [7, 11) is -0.296. The van der Waals surface area contributed by atoms with Crippen LogP contribution in [0.5, 0.6) is 0 Å². The number of halogens is 1. The summed E-state index contributed by atoms with van der Waals surface area (Å²) in [5.74, 6) is 3.51. The summed E-state index contributed by atoms with van der Waals surface area (Å²) in [5.41, 5.74) is 26.8. The Morgan fingerprint density at radius 3 is 0.951 bits per heavy atom. The molecular weight excluding hydrogens is 1520 g/mol. The van der Waals surface area contributed by atoms with Crippen molar-refractivity contribution < 1.29 is 27.0 Å². The molecule has 1 aliphatic heterocycles. The Balaban J connectivity index is 0.000000114. The molecule has 0 bridgehead atoms. The number of rotatable bonds is 8. The maximum absolute atomic E-state index is 6.33. The van der Waals surface area contributed by atoms with E-state index in [4.69, 9.17) is 68.5 Å². The summed E-state index contributed by atoms with van der Waals surface area (Å²) in [6.45, 7) is 8.47. The topological polar surface area (TPSA) is 148 Å². The highest BCUT2D eigenvalue weighted by Gasteiger charge is 2.53. The summed E-state index contributed by atoms with van der Waals surface area (Å²) in [6.07, 6.45) is 12.9. The highest BCUT2D eigenvalue weighted by molar-refractivity contribution is 6.62. The van der Waals surface area contributed by atoms with Gasteiger partial charge >= 0.3 is 7.12 Å². The molecule has 0 amide bonds. The smallest absolute Gasteiger partial charge is 0.456 e. The zero-order valence-corrected chi connectivity index (χ0v) is 68.8. The highest BCUT2D eigenvalue weighted by atomic mass is 35.5. The number of para-hydroxylation sites is 4. The quantitative estimate of drug-likeness (QED) is 0.133. The van der Waals surface area contributed by atoms with Crippen LogP contribution >= 0.6 is 11.6 Å². The molecule has 3 fully saturated rings. The number of furan rings is 4. The van der Waals surface area contributed by atoms with Gasteiger partial charge in [0.15, 0.2) is 34.9 Å². The Labute approximate surface area is 710 Å². The lowest BCUT2D eigenvalue weighted by atomic mass is 9.67. The van der Waals surface area contributed by atoms with Crippen molar-refractivity contribution in [3.63, 3.8) is 0 Å². The molecule has 14 aromatic carbocycles. The average molecular weight is 1610 g/mol. The van der Waals surface area contributed by atoms with E-state index >= 15 is 0 Å². The molecule has 0 atom stereocenters. The molecule has 0 N–H and O–H groups in total. The fourth-order valence-corrected chi connectivity index (χ4v) is 20.3. The minimum Gasteiger partial charge on any atom is -0.456 e. The number of hydrogen-bond acceptors (Lipinski definition) is 12. The normalized spacial score (nSPS) is 15.8. The van der Waals surface area contributed by atoms with Gasteiger partial charge in [0.1, 0.15) is 44.7 Å². The Morgan fingerprint density at radius 1 is 0.246 bits per heavy atom. The first-order chi connectivity index (χ1) is 59.7. The number of fused-ring (bicyclic) bond motifs is 22. The third-order valence-electron chi connectivity index (χ3n) is 26.8. The van der Waals surface area contributed by atoms with Gasteiger partial charge in [-0.05, 0) is 236 Å². The zero-order valence-electron chi connectivity index (χ0n) is 68.0. The van der Waals surface area contributed by atoms with Gasteiger partial charge in [0.2, 0.25) is 0 Å². The molecule has 0 unspecified atom stereocenters. The lowest BCUT2D eigenvalue weighted by Crippen LogP contribution is -2.41. The lowest BCUT2D eigenvalue weighted by Gasteiger charge is -2.36. The van der Waals surface area contributed by atoms with E-state index in [1.165, 1.54) is 114 Å². The first kappa shape index (κ1) is 73.7. The van der Waals surface area contributed by atoms with Gasteiger partial charge in [-0.1, -0.05) is 232 Å². The van der Waals surface area contributed by atoms with Crippen molar-refractivity contribution in [3.8, 4) is 102 Å². The van der Waals surface area contributed by atoms with Crippen molar-refractivity contribution in [2.24, 2.45) is 0 Å². The molecule has 1 saturated heterocycles. The van der Waals surface area contributed by atoms with E-state index in [1.54, 1.807) is 0 Å². The molecule has 20 aromatic rings. The second-order valence-corrected chi connectivity index (χ2v) is 34.9. The van der Waals surface area contributed by atoms with E-state index in [0.717, 1.165) is 132 Å². The SMILES string of the molecule is CC1(C)OB(c2ccc3c(c2)-c2ccccc2C32CCCCC2)OC1(C)C.Clc1cccc(-c2nc(-c3ccc4oc5ccccc5c4c3)nc(-c3ccc4oc5ccccc5c4c3)n2)c1.c1cc(-c2ccc3c(c2)-c2ccccc2C32CCCCC2)cc(-c2nc(-c3ccc4oc5ccccc5c4c3)nc(-c3ccc4oc5ccccc5c4c3)n2)c1. The highest BCUT2D eigenvalue weighted by Crippen LogP contribution is 2.58. The van der Waals surface area contributed by atoms with E-state index in [-0.39, 0.29) is 29.2 Å². The first-order valence-corrected chi connectivity index (χ1v) is 43.0. The van der Waals surface area contributed by atoms with Gasteiger partial charge in [-0.15, -0.1) is 0 Å². The summed E-state index contributed by atoms with van der Waals surface area (Å²) < 4.78 is 37.0. The van der Waals surface area contributed by atoms with Crippen molar-refractivity contribution in [1.29, 1.82) is 0 Å². The predicted molar refractivity (Wildman–Crippen MR) is 493 cm³/mol. The van der Waals surface area contributed by atoms with Gasteiger partial charge in [-0.2, -0.15) is 0 Å². The summed E-state index contributed by atoms with van der Waals surface area (Å²) in [5, 5.41) is 8.94. The number of nitrogens with zero attached hydrogens (tertiary/aromatic N) is 6. The molecule has 590 valence electrons. The van der Waals surface area contributed by atoms with Gasteiger partial charge in [0.05, 0.1) is 11.2 Å². The van der Waals surface area contributed by atoms with Crippen LogP contribution in [0.1, 0.15) is 114 Å². The third-order valence-corrected chi connectivity index (χ3v) is 27.1. The van der Waals surface area contributed by atoms with E-state index < -0.39 is 0 Å². The molecule has 0 radical (unpaired) electrons. The standard InChI is InChI=1S/C51H35N3O2.C33H18ClN3O2.C24H29BO2/c1-8-25-51(26-9-1)42-16-5-2-13-36(42)39-28-32(19-22-43(39)51)31-11-10-12-33(27-31)48-52-49(34-20-23-46-40(29-34)37-14-3-6-17-44(37)55-46)54-50(53-48)35-21-24-47-41(30-35)38-15-4-7-18-45(38)56-47;34-22-7-5-6-19(16-22)31-35-32(20-12-14-29-25(17-20)23-8-1-3-10-27(23)38-29)37-33(36-31)21-13-15-30-26(18-21)24-9-2-4-11-28(24)39-30;1-22(2)23(3,4)27-25(26-22)17-12-13-21-19(16-17)18-10-6-7-11-20(18)24(21)14-8-5-9-15-24/h2-7,10-24,27-30H,1,8-9,25-26H2;1-18H;6-7,10-13,16H,5,8-9,14-15H2,1-4H3. The van der Waals surface area contributed by atoms with Crippen molar-refractivity contribution in [1.82, 2.24) is 29.9 Å². The maximum Gasteiger partial charge on any atom is 0.494 e. The van der Waals surface area contributed by atoms with Crippen LogP contribution in [-0.4, -0.2) is 48.2 Å². The Kier molecular flexibility index (Phi) is 17.5. The summed E-state index contributed by atoms with van der Waals surface area (Å²) >= 11 is 6.33. The Hall–Kier alpha value is -13.4. The molecule has 6 aromatic heterocycles. The van der Waals surface area contributed by atoms with Crippen LogP contribution in [0.25, 0.3) is 189 Å². The van der Waals surface area contributed by atoms with Gasteiger partial charge in [-0.25, -0.2) is 29.9 Å². The Bertz CT molecular complexity index is 7350. The molecule has 122 heavy (non-hydrogen) atoms. The van der Waals surface area contributed by atoms with Gasteiger partial charge in [0.25, 0.3) is 0 Å². The van der Waals surface area contributed by atoms with Crippen LogP contribution in [0, 0.1) is 0 Å². The number of benzene rings is 14. The van der Waals surface area contributed by atoms with Crippen LogP contribution in [0.4, 0.5) is 0 Å². The average Bonchev–Trinajstić information content (AvgIpc) is 1.57. The van der Waals surface area contributed by atoms with Gasteiger partial charge in [-0.3, -0.25) is 0 Å². The second-order valence-electron chi connectivity index (χ2n) is 34.5.